The van der Waals surface area contributed by atoms with Crippen molar-refractivity contribution in [2.24, 2.45) is 5.41 Å². The third kappa shape index (κ3) is 2.25. The maximum Gasteiger partial charge on any atom is 0.123 e. The van der Waals surface area contributed by atoms with Crippen LogP contribution < -0.4 is 0 Å². The van der Waals surface area contributed by atoms with Crippen molar-refractivity contribution < 1.29 is 4.39 Å². The first-order valence-corrected chi connectivity index (χ1v) is 6.58. The van der Waals surface area contributed by atoms with Gasteiger partial charge in [-0.05, 0) is 54.9 Å². The fraction of sp³-hybridized carbons (Fsp3) is 0.538. The first kappa shape index (κ1) is 11.1. The van der Waals surface area contributed by atoms with E-state index in [1.54, 1.807) is 12.1 Å². The lowest BCUT2D eigenvalue weighted by molar-refractivity contribution is 0.169. The molecule has 1 aromatic rings. The number of aryl methyl sites for hydroxylation is 1. The summed E-state index contributed by atoms with van der Waals surface area (Å²) in [7, 11) is 0. The summed E-state index contributed by atoms with van der Waals surface area (Å²) in [5.41, 5.74) is 2.83. The average molecular weight is 271 g/mol. The number of benzene rings is 1. The van der Waals surface area contributed by atoms with Gasteiger partial charge in [-0.2, -0.15) is 0 Å². The molecule has 0 radical (unpaired) electrons. The molecule has 0 spiro atoms. The molecule has 2 heteroatoms. The zero-order valence-electron chi connectivity index (χ0n) is 9.02. The lowest BCUT2D eigenvalue weighted by Crippen LogP contribution is -2.33. The Bertz CT molecular complexity index is 350. The van der Waals surface area contributed by atoms with Crippen LogP contribution in [0.3, 0.4) is 0 Å². The van der Waals surface area contributed by atoms with Gasteiger partial charge in [0, 0.05) is 5.33 Å². The molecule has 0 bridgehead atoms. The zero-order chi connectivity index (χ0) is 10.9. The number of alkyl halides is 1. The van der Waals surface area contributed by atoms with Crippen LogP contribution in [0, 0.1) is 18.2 Å². The van der Waals surface area contributed by atoms with Crippen LogP contribution >= 0.6 is 15.9 Å². The molecule has 2 rings (SSSR count). The molecule has 0 unspecified atom stereocenters. The second kappa shape index (κ2) is 4.25. The van der Waals surface area contributed by atoms with Crippen LogP contribution in [0.5, 0.6) is 0 Å². The minimum atomic E-state index is -0.127. The van der Waals surface area contributed by atoms with Crippen molar-refractivity contribution in [2.75, 3.05) is 5.33 Å². The van der Waals surface area contributed by atoms with Gasteiger partial charge in [-0.25, -0.2) is 4.39 Å². The van der Waals surface area contributed by atoms with E-state index in [0.717, 1.165) is 17.3 Å². The van der Waals surface area contributed by atoms with Crippen LogP contribution in [0.1, 0.15) is 30.4 Å². The SMILES string of the molecule is Cc1cc(F)ccc1CC1(CBr)CCC1. The molecule has 0 aromatic heterocycles. The standard InChI is InChI=1S/C13H16BrF/c1-10-7-12(15)4-3-11(10)8-13(9-14)5-2-6-13/h3-4,7H,2,5-6,8-9H2,1H3. The monoisotopic (exact) mass is 270 g/mol. The van der Waals surface area contributed by atoms with Crippen molar-refractivity contribution in [3.63, 3.8) is 0 Å². The normalized spacial score (nSPS) is 18.6. The molecule has 82 valence electrons. The molecule has 0 N–H and O–H groups in total. The van der Waals surface area contributed by atoms with Crippen LogP contribution in [0.25, 0.3) is 0 Å². The van der Waals surface area contributed by atoms with Gasteiger partial charge in [-0.15, -0.1) is 0 Å². The van der Waals surface area contributed by atoms with Gasteiger partial charge in [0.2, 0.25) is 0 Å². The zero-order valence-corrected chi connectivity index (χ0v) is 10.6. The molecule has 0 aliphatic heterocycles. The van der Waals surface area contributed by atoms with Gasteiger partial charge in [0.25, 0.3) is 0 Å². The molecule has 1 fully saturated rings. The van der Waals surface area contributed by atoms with E-state index >= 15 is 0 Å². The number of rotatable bonds is 3. The van der Waals surface area contributed by atoms with Gasteiger partial charge in [0.15, 0.2) is 0 Å². The number of halogens is 2. The molecule has 1 aliphatic carbocycles. The van der Waals surface area contributed by atoms with E-state index in [1.165, 1.54) is 24.8 Å². The summed E-state index contributed by atoms with van der Waals surface area (Å²) in [4.78, 5) is 0. The molecule has 0 saturated heterocycles. The van der Waals surface area contributed by atoms with Gasteiger partial charge in [-0.3, -0.25) is 0 Å². The summed E-state index contributed by atoms with van der Waals surface area (Å²) >= 11 is 3.61. The molecular weight excluding hydrogens is 255 g/mol. The summed E-state index contributed by atoms with van der Waals surface area (Å²) in [6.07, 6.45) is 5.03. The Morgan fingerprint density at radius 1 is 1.40 bits per heavy atom. The Morgan fingerprint density at radius 2 is 2.13 bits per heavy atom. The molecule has 1 aromatic carbocycles. The molecule has 1 saturated carbocycles. The Morgan fingerprint density at radius 3 is 2.60 bits per heavy atom. The highest BCUT2D eigenvalue weighted by Crippen LogP contribution is 2.45. The predicted octanol–water partition coefficient (Wildman–Crippen LogP) is 4.24. The van der Waals surface area contributed by atoms with Gasteiger partial charge in [0.1, 0.15) is 5.82 Å². The second-order valence-electron chi connectivity index (χ2n) is 4.73. The van der Waals surface area contributed by atoms with Crippen LogP contribution in [0.2, 0.25) is 0 Å². The maximum absolute atomic E-state index is 12.9. The average Bonchev–Trinajstić information content (AvgIpc) is 2.14. The van der Waals surface area contributed by atoms with E-state index < -0.39 is 0 Å². The smallest absolute Gasteiger partial charge is 0.123 e. The van der Waals surface area contributed by atoms with Crippen LogP contribution in [0.15, 0.2) is 18.2 Å². The van der Waals surface area contributed by atoms with Crippen molar-refractivity contribution in [3.8, 4) is 0 Å². The lowest BCUT2D eigenvalue weighted by atomic mass is 9.66. The fourth-order valence-corrected chi connectivity index (χ4v) is 3.06. The summed E-state index contributed by atoms with van der Waals surface area (Å²) in [6, 6.07) is 5.15. The highest BCUT2D eigenvalue weighted by Gasteiger charge is 2.36. The third-order valence-corrected chi connectivity index (χ3v) is 4.76. The lowest BCUT2D eigenvalue weighted by Gasteiger charge is -2.41. The second-order valence-corrected chi connectivity index (χ2v) is 5.30. The quantitative estimate of drug-likeness (QED) is 0.721. The highest BCUT2D eigenvalue weighted by atomic mass is 79.9. The number of hydrogen-bond acceptors (Lipinski definition) is 0. The largest absolute Gasteiger partial charge is 0.207 e. The van der Waals surface area contributed by atoms with Gasteiger partial charge < -0.3 is 0 Å². The van der Waals surface area contributed by atoms with E-state index in [4.69, 9.17) is 0 Å². The topological polar surface area (TPSA) is 0 Å². The Balaban J connectivity index is 2.16. The van der Waals surface area contributed by atoms with Crippen molar-refractivity contribution in [1.82, 2.24) is 0 Å². The van der Waals surface area contributed by atoms with Gasteiger partial charge in [-0.1, -0.05) is 28.4 Å². The van der Waals surface area contributed by atoms with Gasteiger partial charge in [0.05, 0.1) is 0 Å². The maximum atomic E-state index is 12.9. The first-order chi connectivity index (χ1) is 7.15. The van der Waals surface area contributed by atoms with Crippen molar-refractivity contribution >= 4 is 15.9 Å². The highest BCUT2D eigenvalue weighted by molar-refractivity contribution is 9.09. The van der Waals surface area contributed by atoms with Crippen LogP contribution in [-0.2, 0) is 6.42 Å². The van der Waals surface area contributed by atoms with Crippen LogP contribution in [0.4, 0.5) is 4.39 Å². The molecule has 15 heavy (non-hydrogen) atoms. The molecule has 0 nitrogen and oxygen atoms in total. The molecule has 0 atom stereocenters. The van der Waals surface area contributed by atoms with E-state index in [2.05, 4.69) is 15.9 Å². The first-order valence-electron chi connectivity index (χ1n) is 5.46. The third-order valence-electron chi connectivity index (χ3n) is 3.57. The Hall–Kier alpha value is -0.370. The minimum absolute atomic E-state index is 0.127. The van der Waals surface area contributed by atoms with E-state index in [0.29, 0.717) is 5.41 Å². The van der Waals surface area contributed by atoms with Gasteiger partial charge >= 0.3 is 0 Å². The Labute approximate surface area is 99.0 Å². The van der Waals surface area contributed by atoms with Crippen molar-refractivity contribution in [3.05, 3.63) is 35.1 Å². The molecule has 0 heterocycles. The summed E-state index contributed by atoms with van der Waals surface area (Å²) in [5.74, 6) is -0.127. The predicted molar refractivity (Wildman–Crippen MR) is 64.9 cm³/mol. The van der Waals surface area contributed by atoms with E-state index in [9.17, 15) is 4.39 Å². The van der Waals surface area contributed by atoms with Crippen LogP contribution in [-0.4, -0.2) is 5.33 Å². The fourth-order valence-electron chi connectivity index (χ4n) is 2.30. The Kier molecular flexibility index (Phi) is 3.15. The summed E-state index contributed by atoms with van der Waals surface area (Å²) < 4.78 is 12.9. The van der Waals surface area contributed by atoms with Crippen molar-refractivity contribution in [1.29, 1.82) is 0 Å². The minimum Gasteiger partial charge on any atom is -0.207 e. The van der Waals surface area contributed by atoms with Crippen molar-refractivity contribution in [2.45, 2.75) is 32.6 Å². The molecule has 0 amide bonds. The molecular formula is C13H16BrF. The van der Waals surface area contributed by atoms with E-state index in [-0.39, 0.29) is 5.82 Å². The summed E-state index contributed by atoms with van der Waals surface area (Å²) in [6.45, 7) is 2.00. The van der Waals surface area contributed by atoms with E-state index in [1.807, 2.05) is 13.0 Å². The molecule has 1 aliphatic rings. The summed E-state index contributed by atoms with van der Waals surface area (Å²) in [5, 5.41) is 1.07. The number of hydrogen-bond donors (Lipinski definition) is 0.